The van der Waals surface area contributed by atoms with Gasteiger partial charge in [-0.1, -0.05) is 17.7 Å². The van der Waals surface area contributed by atoms with Crippen molar-refractivity contribution in [3.8, 4) is 0 Å². The molecule has 1 saturated heterocycles. The number of nitrogens with one attached hydrogen (secondary N) is 2. The van der Waals surface area contributed by atoms with Crippen molar-refractivity contribution in [1.29, 1.82) is 0 Å². The molecule has 4 rings (SSSR count). The molecule has 1 unspecified atom stereocenters. The molecule has 0 radical (unpaired) electrons. The summed E-state index contributed by atoms with van der Waals surface area (Å²) in [7, 11) is -3.80. The van der Waals surface area contributed by atoms with Crippen molar-refractivity contribution in [2.45, 2.75) is 30.7 Å². The Labute approximate surface area is 173 Å². The van der Waals surface area contributed by atoms with Gasteiger partial charge in [-0.3, -0.25) is 0 Å². The van der Waals surface area contributed by atoms with E-state index in [0.717, 1.165) is 22.4 Å². The molecular weight excluding hydrogens is 408 g/mol. The molecule has 3 heterocycles. The fraction of sp³-hybridized carbons (Fsp3) is 0.316. The van der Waals surface area contributed by atoms with E-state index >= 15 is 0 Å². The number of nitrogens with zero attached hydrogens (tertiary/aromatic N) is 4. The maximum Gasteiger partial charge on any atom is 0.404 e. The monoisotopic (exact) mass is 430 g/mol. The van der Waals surface area contributed by atoms with Crippen LogP contribution in [-0.4, -0.2) is 57.7 Å². The standard InChI is InChI=1S/C19H22N6O4S/c1-13-4-6-15(7-5-13)30(28,29)25-10-8-16-17(20-12-21-18(16)25)23-24-9-2-3-14(11-24)22-19(26)27/h4-8,10,12,14,22H,2-3,9,11H2,1H3,(H,26,27)(H,20,21,23). The summed E-state index contributed by atoms with van der Waals surface area (Å²) in [6.45, 7) is 3.08. The van der Waals surface area contributed by atoms with Crippen LogP contribution in [0.5, 0.6) is 0 Å². The molecule has 0 saturated carbocycles. The normalized spacial score (nSPS) is 17.7. The third-order valence-electron chi connectivity index (χ3n) is 5.04. The molecule has 0 bridgehead atoms. The number of anilines is 1. The van der Waals surface area contributed by atoms with E-state index in [9.17, 15) is 13.2 Å². The van der Waals surface area contributed by atoms with Gasteiger partial charge < -0.3 is 15.8 Å². The molecule has 30 heavy (non-hydrogen) atoms. The zero-order valence-corrected chi connectivity index (χ0v) is 17.1. The Hall–Kier alpha value is -3.18. The number of piperidine rings is 1. The molecule has 2 aromatic heterocycles. The summed E-state index contributed by atoms with van der Waals surface area (Å²) in [5, 5.41) is 13.9. The Balaban J connectivity index is 1.62. The molecule has 1 aliphatic rings. The Morgan fingerprint density at radius 1 is 1.20 bits per heavy atom. The zero-order valence-electron chi connectivity index (χ0n) is 16.3. The molecule has 1 amide bonds. The number of rotatable bonds is 5. The first-order valence-electron chi connectivity index (χ1n) is 9.50. The Morgan fingerprint density at radius 2 is 1.97 bits per heavy atom. The van der Waals surface area contributed by atoms with E-state index in [1.54, 1.807) is 30.3 Å². The number of hydrogen-bond donors (Lipinski definition) is 3. The number of aromatic nitrogens is 3. The van der Waals surface area contributed by atoms with E-state index in [2.05, 4.69) is 20.7 Å². The van der Waals surface area contributed by atoms with Crippen LogP contribution in [0.1, 0.15) is 18.4 Å². The summed E-state index contributed by atoms with van der Waals surface area (Å²) in [5.41, 5.74) is 4.42. The van der Waals surface area contributed by atoms with Crippen LogP contribution in [0, 0.1) is 6.92 Å². The van der Waals surface area contributed by atoms with Crippen LogP contribution >= 0.6 is 0 Å². The SMILES string of the molecule is Cc1ccc(S(=O)(=O)n2ccc3c(NN4CCCC(NC(=O)O)C4)ncnc32)cc1. The van der Waals surface area contributed by atoms with Crippen LogP contribution in [0.2, 0.25) is 0 Å². The molecular formula is C19H22N6O4S. The number of hydrogen-bond acceptors (Lipinski definition) is 7. The van der Waals surface area contributed by atoms with Crippen molar-refractivity contribution in [2.75, 3.05) is 18.5 Å². The predicted octanol–water partition coefficient (Wildman–Crippen LogP) is 2.04. The van der Waals surface area contributed by atoms with Crippen LogP contribution in [-0.2, 0) is 10.0 Å². The number of aryl methyl sites for hydroxylation is 1. The van der Waals surface area contributed by atoms with Gasteiger partial charge in [-0.25, -0.2) is 32.2 Å². The quantitative estimate of drug-likeness (QED) is 0.561. The van der Waals surface area contributed by atoms with Crippen LogP contribution in [0.25, 0.3) is 11.0 Å². The highest BCUT2D eigenvalue weighted by Gasteiger charge is 2.24. The molecule has 0 spiro atoms. The molecule has 1 aliphatic heterocycles. The van der Waals surface area contributed by atoms with E-state index < -0.39 is 16.1 Å². The molecule has 1 aromatic carbocycles. The summed E-state index contributed by atoms with van der Waals surface area (Å²) < 4.78 is 27.3. The fourth-order valence-corrected chi connectivity index (χ4v) is 4.86. The van der Waals surface area contributed by atoms with Gasteiger partial charge in [0.15, 0.2) is 11.5 Å². The smallest absolute Gasteiger partial charge is 0.404 e. The fourth-order valence-electron chi connectivity index (χ4n) is 3.56. The van der Waals surface area contributed by atoms with Crippen molar-refractivity contribution in [3.63, 3.8) is 0 Å². The first kappa shape index (κ1) is 20.1. The lowest BCUT2D eigenvalue weighted by molar-refractivity contribution is 0.173. The number of fused-ring (bicyclic) bond motifs is 1. The highest BCUT2D eigenvalue weighted by Crippen LogP contribution is 2.25. The minimum atomic E-state index is -3.80. The molecule has 11 heteroatoms. The van der Waals surface area contributed by atoms with Crippen LogP contribution in [0.4, 0.5) is 10.6 Å². The molecule has 158 valence electrons. The lowest BCUT2D eigenvalue weighted by Gasteiger charge is -2.32. The number of amides is 1. The Kier molecular flexibility index (Phi) is 5.31. The van der Waals surface area contributed by atoms with Crippen molar-refractivity contribution >= 4 is 33.0 Å². The van der Waals surface area contributed by atoms with Gasteiger partial charge in [0.05, 0.1) is 10.3 Å². The van der Waals surface area contributed by atoms with Crippen molar-refractivity contribution < 1.29 is 18.3 Å². The largest absolute Gasteiger partial charge is 0.465 e. The molecule has 10 nitrogen and oxygen atoms in total. The summed E-state index contributed by atoms with van der Waals surface area (Å²) in [6, 6.07) is 8.10. The maximum atomic E-state index is 13.1. The molecule has 1 atom stereocenters. The van der Waals surface area contributed by atoms with Crippen LogP contribution < -0.4 is 10.7 Å². The second-order valence-electron chi connectivity index (χ2n) is 7.24. The van der Waals surface area contributed by atoms with Crippen LogP contribution in [0.3, 0.4) is 0 Å². The predicted molar refractivity (Wildman–Crippen MR) is 111 cm³/mol. The van der Waals surface area contributed by atoms with E-state index in [1.165, 1.54) is 12.5 Å². The Morgan fingerprint density at radius 3 is 2.70 bits per heavy atom. The van der Waals surface area contributed by atoms with Crippen molar-refractivity contribution in [1.82, 2.24) is 24.3 Å². The number of carboxylic acid groups (broad SMARTS) is 1. The summed E-state index contributed by atoms with van der Waals surface area (Å²) in [6.07, 6.45) is 3.29. The number of benzene rings is 1. The molecule has 3 aromatic rings. The van der Waals surface area contributed by atoms with Crippen LogP contribution in [0.15, 0.2) is 47.8 Å². The van der Waals surface area contributed by atoms with Gasteiger partial charge in [-0.2, -0.15) is 0 Å². The van der Waals surface area contributed by atoms with Gasteiger partial charge in [-0.05, 0) is 38.0 Å². The molecule has 3 N–H and O–H groups in total. The third kappa shape index (κ3) is 3.94. The van der Waals surface area contributed by atoms with E-state index in [4.69, 9.17) is 5.11 Å². The van der Waals surface area contributed by atoms with Gasteiger partial charge in [0, 0.05) is 25.3 Å². The van der Waals surface area contributed by atoms with Gasteiger partial charge in [0.1, 0.15) is 6.33 Å². The van der Waals surface area contributed by atoms with E-state index in [0.29, 0.717) is 24.3 Å². The van der Waals surface area contributed by atoms with E-state index in [1.807, 2.05) is 11.9 Å². The highest BCUT2D eigenvalue weighted by atomic mass is 32.2. The summed E-state index contributed by atoms with van der Waals surface area (Å²) >= 11 is 0. The second kappa shape index (κ2) is 7.92. The zero-order chi connectivity index (χ0) is 21.3. The highest BCUT2D eigenvalue weighted by molar-refractivity contribution is 7.90. The topological polar surface area (TPSA) is 129 Å². The molecule has 0 aliphatic carbocycles. The molecule has 1 fully saturated rings. The lowest BCUT2D eigenvalue weighted by atomic mass is 10.1. The summed E-state index contributed by atoms with van der Waals surface area (Å²) in [5.74, 6) is 0.467. The third-order valence-corrected chi connectivity index (χ3v) is 6.72. The van der Waals surface area contributed by atoms with Gasteiger partial charge in [0.25, 0.3) is 10.0 Å². The number of carbonyl (C=O) groups is 1. The summed E-state index contributed by atoms with van der Waals surface area (Å²) in [4.78, 5) is 19.5. The second-order valence-corrected chi connectivity index (χ2v) is 9.05. The van der Waals surface area contributed by atoms with Crippen molar-refractivity contribution in [2.24, 2.45) is 0 Å². The van der Waals surface area contributed by atoms with E-state index in [-0.39, 0.29) is 16.6 Å². The first-order valence-corrected chi connectivity index (χ1v) is 10.9. The first-order chi connectivity index (χ1) is 14.3. The van der Waals surface area contributed by atoms with Gasteiger partial charge in [-0.15, -0.1) is 0 Å². The lowest BCUT2D eigenvalue weighted by Crippen LogP contribution is -2.49. The Bertz CT molecular complexity index is 1180. The van der Waals surface area contributed by atoms with Gasteiger partial charge >= 0.3 is 6.09 Å². The van der Waals surface area contributed by atoms with Crippen molar-refractivity contribution in [3.05, 3.63) is 48.4 Å². The number of hydrazine groups is 1. The average molecular weight is 430 g/mol. The minimum absolute atomic E-state index is 0.178. The van der Waals surface area contributed by atoms with Gasteiger partial charge in [0.2, 0.25) is 0 Å². The maximum absolute atomic E-state index is 13.1. The minimum Gasteiger partial charge on any atom is -0.465 e. The average Bonchev–Trinajstić information content (AvgIpc) is 3.14.